The van der Waals surface area contributed by atoms with E-state index in [9.17, 15) is 14.4 Å². The van der Waals surface area contributed by atoms with E-state index in [1.165, 1.54) is 11.1 Å². The molecular formula is C26H31N3O3. The summed E-state index contributed by atoms with van der Waals surface area (Å²) in [4.78, 5) is 39.5. The van der Waals surface area contributed by atoms with Gasteiger partial charge >= 0.3 is 6.03 Å². The average molecular weight is 434 g/mol. The van der Waals surface area contributed by atoms with E-state index < -0.39 is 11.6 Å². The second-order valence-corrected chi connectivity index (χ2v) is 9.48. The number of benzene rings is 2. The van der Waals surface area contributed by atoms with Crippen LogP contribution in [0.1, 0.15) is 55.5 Å². The molecule has 2 aliphatic rings. The van der Waals surface area contributed by atoms with Crippen LogP contribution in [0.5, 0.6) is 0 Å². The van der Waals surface area contributed by atoms with Crippen LogP contribution in [-0.4, -0.2) is 34.8 Å². The van der Waals surface area contributed by atoms with E-state index in [1.807, 2.05) is 37.3 Å². The molecule has 0 aromatic heterocycles. The molecule has 2 aromatic rings. The minimum absolute atomic E-state index is 0.216. The fraction of sp³-hybridized carbons (Fsp3) is 0.423. The summed E-state index contributed by atoms with van der Waals surface area (Å²) < 4.78 is 0. The van der Waals surface area contributed by atoms with Gasteiger partial charge in [-0.3, -0.25) is 14.5 Å². The van der Waals surface area contributed by atoms with E-state index in [4.69, 9.17) is 0 Å². The number of carbonyl (C=O) groups excluding carboxylic acids is 3. The quantitative estimate of drug-likeness (QED) is 0.684. The summed E-state index contributed by atoms with van der Waals surface area (Å²) in [6.07, 6.45) is 2.75. The molecule has 1 aliphatic heterocycles. The largest absolute Gasteiger partial charge is 0.348 e. The number of hydrogen-bond donors (Lipinski definition) is 2. The highest BCUT2D eigenvalue weighted by Crippen LogP contribution is 2.33. The molecule has 6 heteroatoms. The molecule has 32 heavy (non-hydrogen) atoms. The van der Waals surface area contributed by atoms with Gasteiger partial charge in [-0.15, -0.1) is 0 Å². The molecule has 2 aromatic carbocycles. The van der Waals surface area contributed by atoms with Crippen LogP contribution in [0.25, 0.3) is 0 Å². The Hall–Kier alpha value is -3.15. The Kier molecular flexibility index (Phi) is 6.04. The molecule has 1 spiro atoms. The highest BCUT2D eigenvalue weighted by atomic mass is 16.2. The lowest BCUT2D eigenvalue weighted by atomic mass is 9.78. The Morgan fingerprint density at radius 1 is 1.06 bits per heavy atom. The van der Waals surface area contributed by atoms with Crippen molar-refractivity contribution in [2.75, 3.05) is 6.54 Å². The zero-order valence-corrected chi connectivity index (χ0v) is 19.0. The Bertz CT molecular complexity index is 1030. The molecule has 1 saturated heterocycles. The maximum atomic E-state index is 13.2. The maximum absolute atomic E-state index is 13.2. The van der Waals surface area contributed by atoms with E-state index in [-0.39, 0.29) is 24.4 Å². The number of aryl methyl sites for hydroxylation is 1. The van der Waals surface area contributed by atoms with Gasteiger partial charge in [0.15, 0.2) is 0 Å². The zero-order valence-electron chi connectivity index (χ0n) is 19.0. The number of fused-ring (bicyclic) bond motifs is 1. The second-order valence-electron chi connectivity index (χ2n) is 9.48. The van der Waals surface area contributed by atoms with Gasteiger partial charge in [-0.1, -0.05) is 62.4 Å². The van der Waals surface area contributed by atoms with Crippen molar-refractivity contribution in [2.45, 2.75) is 58.0 Å². The first-order chi connectivity index (χ1) is 15.3. The lowest BCUT2D eigenvalue weighted by molar-refractivity contribution is -0.135. The molecule has 0 bridgehead atoms. The van der Waals surface area contributed by atoms with Crippen molar-refractivity contribution in [2.24, 2.45) is 5.92 Å². The fourth-order valence-electron chi connectivity index (χ4n) is 4.77. The predicted molar refractivity (Wildman–Crippen MR) is 123 cm³/mol. The number of nitrogens with zero attached hydrogens (tertiary/aromatic N) is 1. The molecule has 1 fully saturated rings. The number of nitrogens with one attached hydrogen (secondary N) is 2. The smallest absolute Gasteiger partial charge is 0.325 e. The van der Waals surface area contributed by atoms with Gasteiger partial charge in [0.1, 0.15) is 12.1 Å². The van der Waals surface area contributed by atoms with Gasteiger partial charge in [0.2, 0.25) is 5.91 Å². The third-order valence-corrected chi connectivity index (χ3v) is 6.48. The third kappa shape index (κ3) is 4.40. The van der Waals surface area contributed by atoms with Crippen molar-refractivity contribution < 1.29 is 14.4 Å². The van der Waals surface area contributed by atoms with Crippen LogP contribution >= 0.6 is 0 Å². The first kappa shape index (κ1) is 22.1. The van der Waals surface area contributed by atoms with Crippen molar-refractivity contribution in [1.82, 2.24) is 15.5 Å². The molecule has 2 N–H and O–H groups in total. The van der Waals surface area contributed by atoms with Gasteiger partial charge in [0.05, 0.1) is 6.04 Å². The van der Waals surface area contributed by atoms with Crippen molar-refractivity contribution in [1.29, 1.82) is 0 Å². The Balaban J connectivity index is 1.38. The number of imide groups is 1. The summed E-state index contributed by atoms with van der Waals surface area (Å²) in [6, 6.07) is 15.5. The summed E-state index contributed by atoms with van der Waals surface area (Å²) >= 11 is 0. The number of hydrogen-bond acceptors (Lipinski definition) is 3. The molecule has 2 unspecified atom stereocenters. The first-order valence-electron chi connectivity index (χ1n) is 11.4. The lowest BCUT2D eigenvalue weighted by Gasteiger charge is -2.32. The minimum atomic E-state index is -0.941. The average Bonchev–Trinajstić information content (AvgIpc) is 2.97. The molecule has 6 nitrogen and oxygen atoms in total. The van der Waals surface area contributed by atoms with Crippen molar-refractivity contribution in [3.05, 3.63) is 70.8 Å². The Labute approximate surface area is 189 Å². The Morgan fingerprint density at radius 2 is 1.75 bits per heavy atom. The summed E-state index contributed by atoms with van der Waals surface area (Å²) in [5.41, 5.74) is 3.60. The molecule has 1 heterocycles. The van der Waals surface area contributed by atoms with Gasteiger partial charge in [-0.25, -0.2) is 4.79 Å². The van der Waals surface area contributed by atoms with Gasteiger partial charge in [-0.05, 0) is 54.4 Å². The minimum Gasteiger partial charge on any atom is -0.348 e. The number of urea groups is 1. The van der Waals surface area contributed by atoms with E-state index in [2.05, 4.69) is 42.7 Å². The lowest BCUT2D eigenvalue weighted by Crippen LogP contribution is -2.51. The van der Waals surface area contributed by atoms with Crippen LogP contribution in [0.3, 0.4) is 0 Å². The fourth-order valence-corrected chi connectivity index (χ4v) is 4.77. The maximum Gasteiger partial charge on any atom is 0.325 e. The molecule has 0 saturated carbocycles. The van der Waals surface area contributed by atoms with E-state index in [0.29, 0.717) is 18.8 Å². The molecule has 168 valence electrons. The zero-order chi connectivity index (χ0) is 22.9. The normalized spacial score (nSPS) is 20.9. The van der Waals surface area contributed by atoms with Crippen LogP contribution in [0.15, 0.2) is 48.5 Å². The van der Waals surface area contributed by atoms with Crippen LogP contribution < -0.4 is 10.6 Å². The molecule has 4 rings (SSSR count). The summed E-state index contributed by atoms with van der Waals surface area (Å²) in [5, 5.41) is 5.80. The van der Waals surface area contributed by atoms with Gasteiger partial charge < -0.3 is 10.6 Å². The summed E-state index contributed by atoms with van der Waals surface area (Å²) in [7, 11) is 0. The molecule has 0 radical (unpaired) electrons. The van der Waals surface area contributed by atoms with E-state index in [0.717, 1.165) is 28.9 Å². The molecular weight excluding hydrogens is 402 g/mol. The van der Waals surface area contributed by atoms with E-state index in [1.54, 1.807) is 0 Å². The Morgan fingerprint density at radius 3 is 2.44 bits per heavy atom. The van der Waals surface area contributed by atoms with Gasteiger partial charge in [0, 0.05) is 6.42 Å². The highest BCUT2D eigenvalue weighted by Gasteiger charge is 2.52. The number of amides is 4. The highest BCUT2D eigenvalue weighted by molar-refractivity contribution is 6.09. The van der Waals surface area contributed by atoms with Crippen LogP contribution in [0.4, 0.5) is 4.79 Å². The van der Waals surface area contributed by atoms with Crippen LogP contribution in [0.2, 0.25) is 0 Å². The second kappa shape index (κ2) is 8.77. The SMILES string of the molecule is CC(C)Cc1ccc(C(C)NC(=O)CN2C(=O)NC3(CCc4ccccc4C3)C2=O)cc1. The molecule has 2 atom stereocenters. The van der Waals surface area contributed by atoms with Crippen molar-refractivity contribution in [3.8, 4) is 0 Å². The molecule has 4 amide bonds. The molecule has 1 aliphatic carbocycles. The first-order valence-corrected chi connectivity index (χ1v) is 11.4. The number of carbonyl (C=O) groups is 3. The third-order valence-electron chi connectivity index (χ3n) is 6.48. The topological polar surface area (TPSA) is 78.5 Å². The van der Waals surface area contributed by atoms with Crippen molar-refractivity contribution >= 4 is 17.8 Å². The van der Waals surface area contributed by atoms with Gasteiger partial charge in [0.25, 0.3) is 5.91 Å². The standard InChI is InChI=1S/C26H31N3O3/c1-17(2)14-19-8-10-20(11-9-19)18(3)27-23(30)16-29-24(31)26(28-25(29)32)13-12-21-6-4-5-7-22(21)15-26/h4-11,17-18H,12-16H2,1-3H3,(H,27,30)(H,28,32). The predicted octanol–water partition coefficient (Wildman–Crippen LogP) is 3.54. The van der Waals surface area contributed by atoms with Crippen LogP contribution in [0, 0.1) is 5.92 Å². The number of rotatable bonds is 6. The van der Waals surface area contributed by atoms with Gasteiger partial charge in [-0.2, -0.15) is 0 Å². The van der Waals surface area contributed by atoms with Crippen molar-refractivity contribution in [3.63, 3.8) is 0 Å². The van der Waals surface area contributed by atoms with E-state index >= 15 is 0 Å². The summed E-state index contributed by atoms with van der Waals surface area (Å²) in [5.74, 6) is -0.0681. The van der Waals surface area contributed by atoms with Crippen LogP contribution in [-0.2, 0) is 28.9 Å². The summed E-state index contributed by atoms with van der Waals surface area (Å²) in [6.45, 7) is 6.00. The monoisotopic (exact) mass is 433 g/mol.